The molecule has 0 aliphatic heterocycles. The van der Waals surface area contributed by atoms with Gasteiger partial charge >= 0.3 is 0 Å². The maximum Gasteiger partial charge on any atom is 0.0621 e. The lowest BCUT2D eigenvalue weighted by molar-refractivity contribution is 0.918. The highest BCUT2D eigenvalue weighted by Crippen LogP contribution is 2.14. The van der Waals surface area contributed by atoms with Gasteiger partial charge in [0.1, 0.15) is 0 Å². The van der Waals surface area contributed by atoms with E-state index in [1.165, 1.54) is 5.56 Å². The second kappa shape index (κ2) is 7.11. The minimum Gasteiger partial charge on any atom is -0.263 e. The Labute approximate surface area is 79.8 Å². The number of aromatic nitrogens is 1. The van der Waals surface area contributed by atoms with Crippen molar-refractivity contribution in [1.29, 1.82) is 0 Å². The van der Waals surface area contributed by atoms with Gasteiger partial charge in [-0.05, 0) is 18.1 Å². The summed E-state index contributed by atoms with van der Waals surface area (Å²) in [5.41, 5.74) is 1.19. The van der Waals surface area contributed by atoms with Gasteiger partial charge in [0.2, 0.25) is 0 Å². The highest BCUT2D eigenvalue weighted by atomic mass is 35.5. The molecule has 0 radical (unpaired) electrons. The Morgan fingerprint density at radius 2 is 2.08 bits per heavy atom. The van der Waals surface area contributed by atoms with Crippen LogP contribution in [0.15, 0.2) is 18.5 Å². The van der Waals surface area contributed by atoms with E-state index < -0.39 is 0 Å². The average molecular weight is 186 g/mol. The van der Waals surface area contributed by atoms with Gasteiger partial charge in [0.05, 0.1) is 5.02 Å². The first-order valence-corrected chi connectivity index (χ1v) is 4.80. The Morgan fingerprint density at radius 3 is 2.58 bits per heavy atom. The molecular weight excluding hydrogens is 170 g/mol. The third-order valence-electron chi connectivity index (χ3n) is 1.38. The molecule has 1 rings (SSSR count). The number of aryl methyl sites for hydroxylation is 1. The second-order valence-electron chi connectivity index (χ2n) is 2.22. The Hall–Kier alpha value is -0.560. The monoisotopic (exact) mass is 185 g/mol. The minimum absolute atomic E-state index is 0.782. The summed E-state index contributed by atoms with van der Waals surface area (Å²) in [5, 5.41) is 0.782. The van der Waals surface area contributed by atoms with Gasteiger partial charge in [0.25, 0.3) is 0 Å². The molecule has 12 heavy (non-hydrogen) atoms. The van der Waals surface area contributed by atoms with Gasteiger partial charge in [-0.25, -0.2) is 0 Å². The highest BCUT2D eigenvalue weighted by molar-refractivity contribution is 6.31. The molecule has 0 amide bonds. The quantitative estimate of drug-likeness (QED) is 0.685. The average Bonchev–Trinajstić information content (AvgIpc) is 2.13. The SMILES string of the molecule is CC.CCCc1ccncc1Cl. The maximum atomic E-state index is 5.84. The van der Waals surface area contributed by atoms with Crippen LogP contribution in [0.2, 0.25) is 5.02 Å². The fraction of sp³-hybridized carbons (Fsp3) is 0.500. The van der Waals surface area contributed by atoms with Crippen molar-refractivity contribution in [3.8, 4) is 0 Å². The summed E-state index contributed by atoms with van der Waals surface area (Å²) < 4.78 is 0. The van der Waals surface area contributed by atoms with Gasteiger partial charge in [-0.2, -0.15) is 0 Å². The van der Waals surface area contributed by atoms with Crippen molar-refractivity contribution >= 4 is 11.6 Å². The summed E-state index contributed by atoms with van der Waals surface area (Å²) >= 11 is 5.84. The van der Waals surface area contributed by atoms with Crippen LogP contribution in [0, 0.1) is 0 Å². The van der Waals surface area contributed by atoms with E-state index in [9.17, 15) is 0 Å². The van der Waals surface area contributed by atoms with Gasteiger partial charge in [-0.1, -0.05) is 38.8 Å². The zero-order valence-corrected chi connectivity index (χ0v) is 8.73. The standard InChI is InChI=1S/C8H10ClN.C2H6/c1-2-3-7-4-5-10-6-8(7)9;1-2/h4-6H,2-3H2,1H3;1-2H3. The number of halogens is 1. The molecule has 2 heteroatoms. The van der Waals surface area contributed by atoms with E-state index in [0.717, 1.165) is 17.9 Å². The summed E-state index contributed by atoms with van der Waals surface area (Å²) in [4.78, 5) is 3.90. The summed E-state index contributed by atoms with van der Waals surface area (Å²) in [5.74, 6) is 0. The Balaban J connectivity index is 0.000000561. The molecule has 0 aromatic carbocycles. The lowest BCUT2D eigenvalue weighted by Crippen LogP contribution is -1.84. The Kier molecular flexibility index (Phi) is 6.78. The third kappa shape index (κ3) is 3.72. The minimum atomic E-state index is 0.782. The summed E-state index contributed by atoms with van der Waals surface area (Å²) in [6, 6.07) is 1.96. The van der Waals surface area contributed by atoms with Crippen LogP contribution in [0.4, 0.5) is 0 Å². The van der Waals surface area contributed by atoms with E-state index in [4.69, 9.17) is 11.6 Å². The molecule has 68 valence electrons. The van der Waals surface area contributed by atoms with E-state index in [1.807, 2.05) is 19.9 Å². The molecule has 1 aromatic rings. The number of nitrogens with zero attached hydrogens (tertiary/aromatic N) is 1. The van der Waals surface area contributed by atoms with Crippen LogP contribution in [-0.2, 0) is 6.42 Å². The molecule has 1 nitrogen and oxygen atoms in total. The molecule has 0 spiro atoms. The van der Waals surface area contributed by atoms with Crippen LogP contribution in [0.25, 0.3) is 0 Å². The molecule has 0 aliphatic carbocycles. The predicted octanol–water partition coefficient (Wildman–Crippen LogP) is 3.71. The first-order chi connectivity index (χ1) is 5.84. The molecule has 0 N–H and O–H groups in total. The van der Waals surface area contributed by atoms with Crippen molar-refractivity contribution < 1.29 is 0 Å². The van der Waals surface area contributed by atoms with Crippen LogP contribution in [0.5, 0.6) is 0 Å². The molecule has 1 heterocycles. The van der Waals surface area contributed by atoms with Crippen LogP contribution in [0.3, 0.4) is 0 Å². The first kappa shape index (κ1) is 11.4. The van der Waals surface area contributed by atoms with E-state index in [-0.39, 0.29) is 0 Å². The third-order valence-corrected chi connectivity index (χ3v) is 1.72. The molecule has 0 saturated carbocycles. The first-order valence-electron chi connectivity index (χ1n) is 4.43. The van der Waals surface area contributed by atoms with Crippen molar-refractivity contribution in [3.05, 3.63) is 29.0 Å². The smallest absolute Gasteiger partial charge is 0.0621 e. The lowest BCUT2D eigenvalue weighted by atomic mass is 10.2. The molecule has 0 saturated heterocycles. The van der Waals surface area contributed by atoms with E-state index in [1.54, 1.807) is 12.4 Å². The number of hydrogen-bond donors (Lipinski definition) is 0. The summed E-state index contributed by atoms with van der Waals surface area (Å²) in [6.45, 7) is 6.14. The fourth-order valence-corrected chi connectivity index (χ4v) is 1.09. The zero-order chi connectivity index (χ0) is 9.40. The number of rotatable bonds is 2. The molecule has 0 atom stereocenters. The van der Waals surface area contributed by atoms with Gasteiger partial charge in [-0.3, -0.25) is 4.98 Å². The van der Waals surface area contributed by atoms with Gasteiger partial charge < -0.3 is 0 Å². The van der Waals surface area contributed by atoms with E-state index in [2.05, 4.69) is 11.9 Å². The topological polar surface area (TPSA) is 12.9 Å². The number of pyridine rings is 1. The molecule has 1 aromatic heterocycles. The molecule has 0 fully saturated rings. The van der Waals surface area contributed by atoms with Crippen molar-refractivity contribution in [1.82, 2.24) is 4.98 Å². The van der Waals surface area contributed by atoms with Crippen LogP contribution >= 0.6 is 11.6 Å². The maximum absolute atomic E-state index is 5.84. The van der Waals surface area contributed by atoms with Crippen molar-refractivity contribution in [2.75, 3.05) is 0 Å². The van der Waals surface area contributed by atoms with Gasteiger partial charge in [0.15, 0.2) is 0 Å². The van der Waals surface area contributed by atoms with Crippen molar-refractivity contribution in [2.45, 2.75) is 33.6 Å². The normalized spacial score (nSPS) is 8.67. The van der Waals surface area contributed by atoms with Crippen molar-refractivity contribution in [3.63, 3.8) is 0 Å². The summed E-state index contributed by atoms with van der Waals surface area (Å²) in [7, 11) is 0. The molecule has 0 aliphatic rings. The second-order valence-corrected chi connectivity index (χ2v) is 2.62. The van der Waals surface area contributed by atoms with Crippen LogP contribution in [0.1, 0.15) is 32.8 Å². The van der Waals surface area contributed by atoms with Crippen molar-refractivity contribution in [2.24, 2.45) is 0 Å². The predicted molar refractivity (Wildman–Crippen MR) is 54.6 cm³/mol. The Bertz CT molecular complexity index is 211. The van der Waals surface area contributed by atoms with Crippen LogP contribution < -0.4 is 0 Å². The zero-order valence-electron chi connectivity index (χ0n) is 7.97. The summed E-state index contributed by atoms with van der Waals surface area (Å²) in [6.07, 6.45) is 5.63. The molecule has 0 bridgehead atoms. The highest BCUT2D eigenvalue weighted by Gasteiger charge is 1.95. The molecular formula is C10H16ClN. The Morgan fingerprint density at radius 1 is 1.42 bits per heavy atom. The largest absolute Gasteiger partial charge is 0.263 e. The van der Waals surface area contributed by atoms with E-state index in [0.29, 0.717) is 0 Å². The fourth-order valence-electron chi connectivity index (χ4n) is 0.876. The van der Waals surface area contributed by atoms with E-state index >= 15 is 0 Å². The lowest BCUT2D eigenvalue weighted by Gasteiger charge is -1.98. The van der Waals surface area contributed by atoms with Gasteiger partial charge in [-0.15, -0.1) is 0 Å². The van der Waals surface area contributed by atoms with Gasteiger partial charge in [0, 0.05) is 12.4 Å². The molecule has 0 unspecified atom stereocenters. The van der Waals surface area contributed by atoms with Crippen LogP contribution in [-0.4, -0.2) is 4.98 Å². The number of hydrogen-bond acceptors (Lipinski definition) is 1.